The number of hydrogen-bond acceptors (Lipinski definition) is 6. The van der Waals surface area contributed by atoms with Crippen molar-refractivity contribution in [1.82, 2.24) is 39.1 Å². The molecule has 8 heteroatoms. The van der Waals surface area contributed by atoms with Crippen LogP contribution in [0.4, 0.5) is 0 Å². The summed E-state index contributed by atoms with van der Waals surface area (Å²) in [5.74, 6) is 0. The van der Waals surface area contributed by atoms with Gasteiger partial charge in [0.2, 0.25) is 0 Å². The first-order valence-electron chi connectivity index (χ1n) is 17.9. The first-order chi connectivity index (χ1) is 25.4. The van der Waals surface area contributed by atoms with Gasteiger partial charge in [-0.15, -0.1) is 0 Å². The zero-order valence-electron chi connectivity index (χ0n) is 30.1. The maximum atomic E-state index is 5.39. The molecule has 1 N–H and O–H groups in total. The van der Waals surface area contributed by atoms with Gasteiger partial charge in [-0.3, -0.25) is 0 Å². The van der Waals surface area contributed by atoms with Crippen molar-refractivity contribution in [2.45, 2.75) is 0 Å². The van der Waals surface area contributed by atoms with E-state index in [1.54, 1.807) is 0 Å². The van der Waals surface area contributed by atoms with Gasteiger partial charge in [0.15, 0.2) is 0 Å². The standard InChI is InChI=1S/C44H42N8/c1-48-19-5-9-30(26-48)41-39-18-17-36(47-39)24-35-14-13-33(45-35)23-34-15-16-37(46-34)25-40-42(31-10-6-20-49(2)27-31)43(32-11-7-21-50(3)28-32)44(41)52(40)38-12-8-22-51(4)29-38/h5-25,45H,26-29H2,1-4H3. The van der Waals surface area contributed by atoms with E-state index in [1.165, 1.54) is 33.5 Å². The van der Waals surface area contributed by atoms with Gasteiger partial charge in [0.05, 0.1) is 40.4 Å². The van der Waals surface area contributed by atoms with Crippen molar-refractivity contribution in [2.75, 3.05) is 54.4 Å². The first-order valence-corrected chi connectivity index (χ1v) is 17.9. The molecule has 0 aromatic carbocycles. The highest BCUT2D eigenvalue weighted by Gasteiger charge is 2.30. The highest BCUT2D eigenvalue weighted by atomic mass is 15.1. The van der Waals surface area contributed by atoms with E-state index in [4.69, 9.17) is 9.97 Å². The van der Waals surface area contributed by atoms with E-state index in [-0.39, 0.29) is 0 Å². The molecule has 6 aliphatic heterocycles. The van der Waals surface area contributed by atoms with Crippen LogP contribution in [0.5, 0.6) is 0 Å². The zero-order chi connectivity index (χ0) is 35.3. The van der Waals surface area contributed by atoms with Crippen molar-refractivity contribution in [3.63, 3.8) is 0 Å². The highest BCUT2D eigenvalue weighted by Crippen LogP contribution is 2.44. The van der Waals surface area contributed by atoms with Crippen LogP contribution in [0.2, 0.25) is 0 Å². The SMILES string of the molecule is CN1C=CC=C(c2c(C3=CC=CN(C)C3)c3c(C4=CC=CN(C)C4)c4nc(cc5ccc(cc6nc(cc2n3C2=CC=CN(C)C2)C=C6)[nH]5)C=C4)C1. The fourth-order valence-electron chi connectivity index (χ4n) is 7.88. The molecule has 0 unspecified atom stereocenters. The number of allylic oxidation sites excluding steroid dienone is 8. The molecule has 0 amide bonds. The van der Waals surface area contributed by atoms with Crippen molar-refractivity contribution < 1.29 is 0 Å². The molecular formula is C44H42N8. The first kappa shape index (κ1) is 31.7. The molecular weight excluding hydrogens is 641 g/mol. The molecule has 9 rings (SSSR count). The van der Waals surface area contributed by atoms with Crippen molar-refractivity contribution in [1.29, 1.82) is 0 Å². The summed E-state index contributed by atoms with van der Waals surface area (Å²) in [6, 6.07) is 10.7. The molecule has 0 atom stereocenters. The van der Waals surface area contributed by atoms with Gasteiger partial charge in [-0.25, -0.2) is 9.97 Å². The third-order valence-electron chi connectivity index (χ3n) is 10.1. The average Bonchev–Trinajstić information content (AvgIpc) is 3.93. The molecule has 0 spiro atoms. The van der Waals surface area contributed by atoms with Gasteiger partial charge in [-0.2, -0.15) is 0 Å². The van der Waals surface area contributed by atoms with Crippen molar-refractivity contribution >= 4 is 68.8 Å². The fourth-order valence-corrected chi connectivity index (χ4v) is 7.88. The van der Waals surface area contributed by atoms with Crippen LogP contribution in [0, 0.1) is 0 Å². The smallest absolute Gasteiger partial charge is 0.0734 e. The minimum absolute atomic E-state index is 0.747. The van der Waals surface area contributed by atoms with Crippen molar-refractivity contribution in [3.8, 4) is 0 Å². The number of hydrogen-bond donors (Lipinski definition) is 1. The van der Waals surface area contributed by atoms with E-state index in [2.05, 4.69) is 185 Å². The summed E-state index contributed by atoms with van der Waals surface area (Å²) in [6.45, 7) is 3.06. The number of aromatic amines is 1. The maximum Gasteiger partial charge on any atom is 0.0734 e. The summed E-state index contributed by atoms with van der Waals surface area (Å²) in [5, 5.41) is 0. The van der Waals surface area contributed by atoms with Gasteiger partial charge in [0.1, 0.15) is 0 Å². The molecule has 0 fully saturated rings. The van der Waals surface area contributed by atoms with Crippen LogP contribution >= 0.6 is 0 Å². The number of aromatic nitrogens is 4. The van der Waals surface area contributed by atoms with Crippen LogP contribution < -0.4 is 0 Å². The van der Waals surface area contributed by atoms with Crippen LogP contribution in [0.15, 0.2) is 104 Å². The number of likely N-dealkylation sites (N-methyl/N-ethyl adjacent to an activating group) is 4. The summed E-state index contributed by atoms with van der Waals surface area (Å²) in [6.07, 6.45) is 35.0. The van der Waals surface area contributed by atoms with Crippen LogP contribution in [-0.4, -0.2) is 93.5 Å². The molecule has 3 aromatic rings. The monoisotopic (exact) mass is 682 g/mol. The van der Waals surface area contributed by atoms with Crippen LogP contribution in [0.25, 0.3) is 68.8 Å². The van der Waals surface area contributed by atoms with E-state index in [0.29, 0.717) is 0 Å². The minimum atomic E-state index is 0.747. The second-order valence-electron chi connectivity index (χ2n) is 14.3. The quantitative estimate of drug-likeness (QED) is 0.208. The third-order valence-corrected chi connectivity index (χ3v) is 10.1. The summed E-state index contributed by atoms with van der Waals surface area (Å²) in [7, 11) is 8.59. The van der Waals surface area contributed by atoms with E-state index in [1.807, 2.05) is 0 Å². The van der Waals surface area contributed by atoms with Crippen LogP contribution in [-0.2, 0) is 0 Å². The van der Waals surface area contributed by atoms with Gasteiger partial charge in [0.25, 0.3) is 0 Å². The summed E-state index contributed by atoms with van der Waals surface area (Å²) in [5.41, 5.74) is 16.5. The van der Waals surface area contributed by atoms with E-state index in [0.717, 1.165) is 76.6 Å². The van der Waals surface area contributed by atoms with E-state index >= 15 is 0 Å². The van der Waals surface area contributed by atoms with Gasteiger partial charge in [0, 0.05) is 81.2 Å². The lowest BCUT2D eigenvalue weighted by Gasteiger charge is -2.26. The number of nitrogens with one attached hydrogen (secondary N) is 1. The van der Waals surface area contributed by atoms with Crippen molar-refractivity contribution in [2.24, 2.45) is 0 Å². The molecule has 52 heavy (non-hydrogen) atoms. The maximum absolute atomic E-state index is 5.39. The Labute approximate surface area is 304 Å². The third kappa shape index (κ3) is 5.86. The molecule has 0 radical (unpaired) electrons. The second-order valence-corrected chi connectivity index (χ2v) is 14.3. The lowest BCUT2D eigenvalue weighted by molar-refractivity contribution is 0.505. The summed E-state index contributed by atoms with van der Waals surface area (Å²) in [4.78, 5) is 23.1. The number of fused-ring (bicyclic) bond motifs is 8. The normalized spacial score (nSPS) is 17.9. The molecule has 9 heterocycles. The summed E-state index contributed by atoms with van der Waals surface area (Å²) >= 11 is 0. The average molecular weight is 683 g/mol. The molecule has 3 aromatic heterocycles. The lowest BCUT2D eigenvalue weighted by atomic mass is 9.90. The Balaban J connectivity index is 1.56. The van der Waals surface area contributed by atoms with E-state index < -0.39 is 0 Å². The van der Waals surface area contributed by atoms with Crippen LogP contribution in [0.1, 0.15) is 39.5 Å². The fraction of sp³-hybridized carbons (Fsp3) is 0.182. The largest absolute Gasteiger partial charge is 0.376 e. The molecule has 6 aliphatic rings. The minimum Gasteiger partial charge on any atom is -0.376 e. The Kier molecular flexibility index (Phi) is 7.80. The number of rotatable bonds is 4. The Hall–Kier alpha value is -6.28. The predicted molar refractivity (Wildman–Crippen MR) is 218 cm³/mol. The Morgan fingerprint density at radius 1 is 0.519 bits per heavy atom. The van der Waals surface area contributed by atoms with Crippen LogP contribution in [0.3, 0.4) is 0 Å². The Morgan fingerprint density at radius 3 is 1.62 bits per heavy atom. The van der Waals surface area contributed by atoms with Gasteiger partial charge < -0.3 is 29.2 Å². The number of nitrogens with zero attached hydrogens (tertiary/aromatic N) is 7. The van der Waals surface area contributed by atoms with Gasteiger partial charge >= 0.3 is 0 Å². The van der Waals surface area contributed by atoms with Crippen molar-refractivity contribution in [3.05, 3.63) is 143 Å². The molecule has 8 nitrogen and oxygen atoms in total. The molecule has 8 bridgehead atoms. The predicted octanol–water partition coefficient (Wildman–Crippen LogP) is 7.96. The molecule has 0 saturated carbocycles. The second kappa shape index (κ2) is 12.8. The zero-order valence-corrected chi connectivity index (χ0v) is 30.1. The Morgan fingerprint density at radius 2 is 1.02 bits per heavy atom. The van der Waals surface area contributed by atoms with E-state index in [9.17, 15) is 0 Å². The highest BCUT2D eigenvalue weighted by molar-refractivity contribution is 6.05. The topological polar surface area (TPSA) is 59.5 Å². The molecule has 0 saturated heterocycles. The Bertz CT molecular complexity index is 2480. The van der Waals surface area contributed by atoms with Gasteiger partial charge in [-0.1, -0.05) is 18.2 Å². The van der Waals surface area contributed by atoms with Gasteiger partial charge in [-0.05, 0) is 127 Å². The lowest BCUT2D eigenvalue weighted by Crippen LogP contribution is -2.20. The number of H-pyrrole nitrogens is 1. The summed E-state index contributed by atoms with van der Waals surface area (Å²) < 4.78 is 2.52. The molecule has 258 valence electrons. The molecule has 0 aliphatic carbocycles.